The van der Waals surface area contributed by atoms with Gasteiger partial charge in [0.1, 0.15) is 5.69 Å². The third-order valence-electron chi connectivity index (χ3n) is 3.80. The molecule has 2 amide bonds. The topological polar surface area (TPSA) is 79.2 Å². The summed E-state index contributed by atoms with van der Waals surface area (Å²) in [5.41, 5.74) is 6.46. The Morgan fingerprint density at radius 2 is 2.10 bits per heavy atom. The fraction of sp³-hybridized carbons (Fsp3) is 0.286. The van der Waals surface area contributed by atoms with Gasteiger partial charge in [-0.25, -0.2) is 0 Å². The molecule has 0 aliphatic carbocycles. The minimum atomic E-state index is -0.364. The Morgan fingerprint density at radius 3 is 2.76 bits per heavy atom. The molecule has 1 aliphatic heterocycles. The number of benzene rings is 1. The molecule has 0 spiro atoms. The van der Waals surface area contributed by atoms with Crippen LogP contribution < -0.4 is 5.73 Å². The number of H-pyrrole nitrogens is 1. The van der Waals surface area contributed by atoms with E-state index in [1.54, 1.807) is 23.1 Å². The van der Waals surface area contributed by atoms with Crippen molar-refractivity contribution in [2.75, 3.05) is 13.1 Å². The monoisotopic (exact) mass is 325 g/mol. The number of likely N-dealkylation sites (tertiary alicyclic amines) is 1. The molecule has 0 radical (unpaired) electrons. The number of carbonyl (C=O) groups is 2. The van der Waals surface area contributed by atoms with Crippen molar-refractivity contribution in [2.45, 2.75) is 6.42 Å². The molecule has 0 unspecified atom stereocenters. The molecule has 1 aliphatic rings. The van der Waals surface area contributed by atoms with Crippen molar-refractivity contribution in [1.82, 2.24) is 9.88 Å². The molecule has 3 N–H and O–H groups in total. The number of hydrogen-bond donors (Lipinski definition) is 2. The lowest BCUT2D eigenvalue weighted by molar-refractivity contribution is -0.121. The Morgan fingerprint density at radius 1 is 1.33 bits per heavy atom. The first kappa shape index (κ1) is 14.2. The van der Waals surface area contributed by atoms with Crippen LogP contribution in [-0.2, 0) is 4.79 Å². The van der Waals surface area contributed by atoms with E-state index in [1.807, 2.05) is 0 Å². The number of rotatable bonds is 2. The van der Waals surface area contributed by atoms with Crippen molar-refractivity contribution in [1.29, 1.82) is 0 Å². The van der Waals surface area contributed by atoms with Crippen LogP contribution in [-0.4, -0.2) is 34.8 Å². The average molecular weight is 326 g/mol. The normalized spacial score (nSPS) is 18.4. The maximum absolute atomic E-state index is 12.4. The lowest BCUT2D eigenvalue weighted by Gasteiger charge is -2.14. The van der Waals surface area contributed by atoms with E-state index in [9.17, 15) is 9.59 Å². The summed E-state index contributed by atoms with van der Waals surface area (Å²) in [6.45, 7) is 0.883. The van der Waals surface area contributed by atoms with E-state index in [0.717, 1.165) is 5.52 Å². The first-order valence-electron chi connectivity index (χ1n) is 6.52. The fourth-order valence-electron chi connectivity index (χ4n) is 2.60. The van der Waals surface area contributed by atoms with Gasteiger partial charge in [0, 0.05) is 24.0 Å². The predicted octanol–water partition coefficient (Wildman–Crippen LogP) is 2.42. The van der Waals surface area contributed by atoms with E-state index in [1.165, 1.54) is 0 Å². The van der Waals surface area contributed by atoms with E-state index in [4.69, 9.17) is 28.9 Å². The van der Waals surface area contributed by atoms with Crippen LogP contribution in [0.2, 0.25) is 10.0 Å². The van der Waals surface area contributed by atoms with Crippen LogP contribution in [0, 0.1) is 5.92 Å². The first-order chi connectivity index (χ1) is 9.97. The zero-order chi connectivity index (χ0) is 15.1. The van der Waals surface area contributed by atoms with Crippen LogP contribution >= 0.6 is 23.2 Å². The van der Waals surface area contributed by atoms with E-state index < -0.39 is 0 Å². The van der Waals surface area contributed by atoms with E-state index in [2.05, 4.69) is 4.98 Å². The highest BCUT2D eigenvalue weighted by atomic mass is 35.5. The molecule has 3 rings (SSSR count). The Balaban J connectivity index is 1.89. The van der Waals surface area contributed by atoms with Gasteiger partial charge in [-0.2, -0.15) is 0 Å². The minimum absolute atomic E-state index is 0.165. The summed E-state index contributed by atoms with van der Waals surface area (Å²) in [5, 5.41) is 1.57. The zero-order valence-corrected chi connectivity index (χ0v) is 12.5. The molecule has 110 valence electrons. The number of nitrogens with two attached hydrogens (primary N) is 1. The van der Waals surface area contributed by atoms with Gasteiger partial charge in [0.25, 0.3) is 5.91 Å². The van der Waals surface area contributed by atoms with Crippen LogP contribution in [0.4, 0.5) is 0 Å². The minimum Gasteiger partial charge on any atom is -0.369 e. The predicted molar refractivity (Wildman–Crippen MR) is 81.5 cm³/mol. The van der Waals surface area contributed by atoms with Gasteiger partial charge in [-0.05, 0) is 24.6 Å². The highest BCUT2D eigenvalue weighted by Crippen LogP contribution is 2.31. The highest BCUT2D eigenvalue weighted by molar-refractivity contribution is 6.45. The number of nitrogens with zero attached hydrogens (tertiary/aromatic N) is 1. The van der Waals surface area contributed by atoms with Crippen LogP contribution in [0.3, 0.4) is 0 Å². The Hall–Kier alpha value is -1.72. The van der Waals surface area contributed by atoms with E-state index >= 15 is 0 Å². The average Bonchev–Trinajstić information content (AvgIpc) is 3.09. The molecule has 21 heavy (non-hydrogen) atoms. The maximum atomic E-state index is 12.4. The molecule has 2 aromatic rings. The number of aromatic nitrogens is 1. The lowest BCUT2D eigenvalue weighted by Crippen LogP contribution is -2.31. The largest absolute Gasteiger partial charge is 0.369 e. The second-order valence-corrected chi connectivity index (χ2v) is 5.93. The van der Waals surface area contributed by atoms with Gasteiger partial charge in [0.2, 0.25) is 5.91 Å². The zero-order valence-electron chi connectivity index (χ0n) is 11.0. The third-order valence-corrected chi connectivity index (χ3v) is 4.62. The highest BCUT2D eigenvalue weighted by Gasteiger charge is 2.30. The molecule has 1 fully saturated rings. The molecule has 2 heterocycles. The summed E-state index contributed by atoms with van der Waals surface area (Å²) >= 11 is 12.1. The van der Waals surface area contributed by atoms with Gasteiger partial charge in [-0.15, -0.1) is 0 Å². The number of nitrogens with one attached hydrogen (secondary N) is 1. The summed E-state index contributed by atoms with van der Waals surface area (Å²) in [5.74, 6) is -0.796. The molecule has 0 saturated carbocycles. The van der Waals surface area contributed by atoms with Crippen molar-refractivity contribution in [3.63, 3.8) is 0 Å². The summed E-state index contributed by atoms with van der Waals surface area (Å²) in [6, 6.07) is 5.13. The van der Waals surface area contributed by atoms with E-state index in [0.29, 0.717) is 40.6 Å². The Kier molecular flexibility index (Phi) is 3.55. The smallest absolute Gasteiger partial charge is 0.270 e. The Bertz CT molecular complexity index is 741. The quantitative estimate of drug-likeness (QED) is 0.889. The SMILES string of the molecule is NC(=O)[C@H]1CCN(C(=O)c2cc3c(Cl)c(Cl)ccc3[nH]2)C1. The number of fused-ring (bicyclic) bond motifs is 1. The van der Waals surface area contributed by atoms with Crippen LogP contribution in [0.25, 0.3) is 10.9 Å². The maximum Gasteiger partial charge on any atom is 0.270 e. The van der Waals surface area contributed by atoms with Crippen LogP contribution in [0.5, 0.6) is 0 Å². The number of carbonyl (C=O) groups excluding carboxylic acids is 2. The lowest BCUT2D eigenvalue weighted by atomic mass is 10.1. The van der Waals surface area contributed by atoms with Crippen molar-refractivity contribution in [3.05, 3.63) is 33.9 Å². The van der Waals surface area contributed by atoms with Gasteiger partial charge < -0.3 is 15.6 Å². The summed E-state index contributed by atoms with van der Waals surface area (Å²) < 4.78 is 0. The summed E-state index contributed by atoms with van der Waals surface area (Å²) in [6.07, 6.45) is 0.605. The molecule has 7 heteroatoms. The number of hydrogen-bond acceptors (Lipinski definition) is 2. The fourth-order valence-corrected chi connectivity index (χ4v) is 2.99. The van der Waals surface area contributed by atoms with Crippen molar-refractivity contribution in [2.24, 2.45) is 11.7 Å². The number of halogens is 2. The molecule has 1 atom stereocenters. The molecular weight excluding hydrogens is 313 g/mol. The van der Waals surface area contributed by atoms with Crippen molar-refractivity contribution < 1.29 is 9.59 Å². The first-order valence-corrected chi connectivity index (χ1v) is 7.28. The van der Waals surface area contributed by atoms with Gasteiger partial charge in [0.15, 0.2) is 0 Å². The molecule has 1 saturated heterocycles. The van der Waals surface area contributed by atoms with Gasteiger partial charge in [0.05, 0.1) is 16.0 Å². The Labute approximate surface area is 131 Å². The molecule has 1 aromatic carbocycles. The number of aromatic amines is 1. The van der Waals surface area contributed by atoms with Crippen molar-refractivity contribution >= 4 is 45.9 Å². The summed E-state index contributed by atoms with van der Waals surface area (Å²) in [7, 11) is 0. The van der Waals surface area contributed by atoms with Crippen molar-refractivity contribution in [3.8, 4) is 0 Å². The van der Waals surface area contributed by atoms with Crippen LogP contribution in [0.1, 0.15) is 16.9 Å². The van der Waals surface area contributed by atoms with Gasteiger partial charge in [-0.1, -0.05) is 23.2 Å². The molecule has 1 aromatic heterocycles. The van der Waals surface area contributed by atoms with Gasteiger partial charge in [-0.3, -0.25) is 9.59 Å². The molecular formula is C14H13Cl2N3O2. The summed E-state index contributed by atoms with van der Waals surface area (Å²) in [4.78, 5) is 28.3. The van der Waals surface area contributed by atoms with Crippen LogP contribution in [0.15, 0.2) is 18.2 Å². The number of amides is 2. The molecule has 5 nitrogen and oxygen atoms in total. The standard InChI is InChI=1S/C14H13Cl2N3O2/c15-9-1-2-10-8(12(9)16)5-11(18-10)14(21)19-4-3-7(6-19)13(17)20/h1-2,5,7,18H,3-4,6H2,(H2,17,20)/t7-/m0/s1. The second-order valence-electron chi connectivity index (χ2n) is 5.14. The van der Waals surface area contributed by atoms with E-state index in [-0.39, 0.29) is 17.7 Å². The van der Waals surface area contributed by atoms with Gasteiger partial charge >= 0.3 is 0 Å². The third kappa shape index (κ3) is 2.47. The second kappa shape index (κ2) is 5.24. The molecule has 0 bridgehead atoms. The number of primary amides is 1.